The lowest BCUT2D eigenvalue weighted by Gasteiger charge is -2.56. The number of hydrogen-bond acceptors (Lipinski definition) is 2. The maximum absolute atomic E-state index is 13.1. The first-order chi connectivity index (χ1) is 15.1. The molecule has 1 heterocycles. The van der Waals surface area contributed by atoms with Crippen LogP contribution in [0, 0.1) is 17.8 Å². The molecule has 0 saturated heterocycles. The number of hydrogen-bond donors (Lipinski definition) is 2. The Morgan fingerprint density at radius 2 is 1.65 bits per heavy atom. The molecular weight excluding hydrogens is 408 g/mol. The lowest BCUT2D eigenvalue weighted by molar-refractivity contribution is -0.0127. The fourth-order valence-electron chi connectivity index (χ4n) is 6.74. The van der Waals surface area contributed by atoms with E-state index in [1.165, 1.54) is 19.3 Å². The zero-order valence-electron chi connectivity index (χ0n) is 17.5. The van der Waals surface area contributed by atoms with Crippen molar-refractivity contribution in [2.75, 3.05) is 5.32 Å². The smallest absolute Gasteiger partial charge is 0.322 e. The number of imidazole rings is 1. The minimum absolute atomic E-state index is 0.0220. The number of nitrogens with one attached hydrogen (secondary N) is 2. The minimum Gasteiger partial charge on any atom is -0.332 e. The van der Waals surface area contributed by atoms with Gasteiger partial charge in [-0.05, 0) is 86.1 Å². The number of nitrogens with zero attached hydrogens (tertiary/aromatic N) is 2. The summed E-state index contributed by atoms with van der Waals surface area (Å²) in [5.74, 6) is 2.96. The van der Waals surface area contributed by atoms with Gasteiger partial charge in [0, 0.05) is 10.6 Å². The third-order valence-corrected chi connectivity index (χ3v) is 7.80. The van der Waals surface area contributed by atoms with Crippen molar-refractivity contribution in [1.29, 1.82) is 0 Å². The molecule has 2 N–H and O–H groups in total. The molecule has 0 radical (unpaired) electrons. The van der Waals surface area contributed by atoms with Crippen LogP contribution in [0.25, 0.3) is 11.0 Å². The lowest BCUT2D eigenvalue weighted by Crippen LogP contribution is -2.60. The van der Waals surface area contributed by atoms with Crippen molar-refractivity contribution in [2.24, 2.45) is 17.8 Å². The molecule has 2 aromatic carbocycles. The zero-order chi connectivity index (χ0) is 21.0. The highest BCUT2D eigenvalue weighted by Gasteiger charge is 2.51. The highest BCUT2D eigenvalue weighted by Crippen LogP contribution is 2.55. The number of halogens is 1. The molecule has 4 aliphatic rings. The first kappa shape index (κ1) is 19.2. The van der Waals surface area contributed by atoms with Crippen LogP contribution >= 0.6 is 11.6 Å². The summed E-state index contributed by atoms with van der Waals surface area (Å²) in [6.07, 6.45) is 7.48. The second-order valence-electron chi connectivity index (χ2n) is 9.91. The van der Waals surface area contributed by atoms with E-state index in [1.807, 2.05) is 48.5 Å². The lowest BCUT2D eigenvalue weighted by atomic mass is 9.53. The van der Waals surface area contributed by atoms with Crippen LogP contribution in [0.3, 0.4) is 0 Å². The van der Waals surface area contributed by atoms with E-state index in [0.29, 0.717) is 17.5 Å². The van der Waals surface area contributed by atoms with Gasteiger partial charge in [0.05, 0.1) is 17.6 Å². The monoisotopic (exact) mass is 434 g/mol. The third kappa shape index (κ3) is 3.59. The molecule has 6 heteroatoms. The van der Waals surface area contributed by atoms with Gasteiger partial charge in [-0.3, -0.25) is 5.32 Å². The van der Waals surface area contributed by atoms with E-state index in [4.69, 9.17) is 16.6 Å². The van der Waals surface area contributed by atoms with E-state index in [0.717, 1.165) is 53.6 Å². The molecule has 4 aliphatic carbocycles. The molecule has 160 valence electrons. The Kier molecular flexibility index (Phi) is 4.49. The van der Waals surface area contributed by atoms with Gasteiger partial charge >= 0.3 is 6.03 Å². The number of benzene rings is 2. The number of anilines is 1. The van der Waals surface area contributed by atoms with Crippen LogP contribution in [-0.4, -0.2) is 21.1 Å². The van der Waals surface area contributed by atoms with Gasteiger partial charge in [-0.2, -0.15) is 0 Å². The predicted octanol–water partition coefficient (Wildman–Crippen LogP) is 5.83. The molecule has 3 aromatic rings. The fraction of sp³-hybridized carbons (Fsp3) is 0.440. The molecule has 0 aliphatic heterocycles. The highest BCUT2D eigenvalue weighted by atomic mass is 35.5. The average Bonchev–Trinajstić information content (AvgIpc) is 3.05. The summed E-state index contributed by atoms with van der Waals surface area (Å²) in [6.45, 7) is 0.616. The van der Waals surface area contributed by atoms with Gasteiger partial charge in [0.1, 0.15) is 0 Å². The first-order valence-electron chi connectivity index (χ1n) is 11.3. The molecular formula is C25H27ClN4O. The largest absolute Gasteiger partial charge is 0.332 e. The van der Waals surface area contributed by atoms with Crippen molar-refractivity contribution in [3.63, 3.8) is 0 Å². The number of amides is 2. The van der Waals surface area contributed by atoms with Crippen LogP contribution in [0.2, 0.25) is 5.02 Å². The van der Waals surface area contributed by atoms with Crippen molar-refractivity contribution in [3.05, 3.63) is 59.1 Å². The summed E-state index contributed by atoms with van der Waals surface area (Å²) in [5.41, 5.74) is 2.97. The molecule has 4 bridgehead atoms. The summed E-state index contributed by atoms with van der Waals surface area (Å²) in [7, 11) is 0. The Morgan fingerprint density at radius 1 is 1.00 bits per heavy atom. The molecule has 1 aromatic heterocycles. The zero-order valence-corrected chi connectivity index (χ0v) is 18.2. The molecule has 5 nitrogen and oxygen atoms in total. The quantitative estimate of drug-likeness (QED) is 0.542. The molecule has 0 atom stereocenters. The van der Waals surface area contributed by atoms with E-state index in [9.17, 15) is 4.79 Å². The van der Waals surface area contributed by atoms with Gasteiger partial charge in [-0.25, -0.2) is 9.78 Å². The molecule has 4 fully saturated rings. The molecule has 4 saturated carbocycles. The van der Waals surface area contributed by atoms with Crippen LogP contribution in [0.4, 0.5) is 10.7 Å². The maximum Gasteiger partial charge on any atom is 0.322 e. The summed E-state index contributed by atoms with van der Waals surface area (Å²) in [4.78, 5) is 17.9. The number of carbonyl (C=O) groups is 1. The van der Waals surface area contributed by atoms with Crippen LogP contribution in [0.5, 0.6) is 0 Å². The van der Waals surface area contributed by atoms with Gasteiger partial charge in [-0.15, -0.1) is 0 Å². The van der Waals surface area contributed by atoms with Crippen LogP contribution in [0.1, 0.15) is 44.1 Å². The summed E-state index contributed by atoms with van der Waals surface area (Å²) >= 11 is 6.05. The number of fused-ring (bicyclic) bond motifs is 1. The Labute approximate surface area is 187 Å². The number of urea groups is 1. The Balaban J connectivity index is 1.26. The van der Waals surface area contributed by atoms with E-state index < -0.39 is 0 Å². The number of carbonyl (C=O) groups excluding carboxylic acids is 1. The summed E-state index contributed by atoms with van der Waals surface area (Å²) < 4.78 is 2.07. The van der Waals surface area contributed by atoms with Crippen molar-refractivity contribution in [2.45, 2.75) is 50.6 Å². The van der Waals surface area contributed by atoms with Crippen LogP contribution in [-0.2, 0) is 6.54 Å². The van der Waals surface area contributed by atoms with Gasteiger partial charge in [0.2, 0.25) is 5.95 Å². The predicted molar refractivity (Wildman–Crippen MR) is 123 cm³/mol. The molecule has 31 heavy (non-hydrogen) atoms. The van der Waals surface area contributed by atoms with Gasteiger partial charge in [-0.1, -0.05) is 35.9 Å². The van der Waals surface area contributed by atoms with Gasteiger partial charge < -0.3 is 9.88 Å². The summed E-state index contributed by atoms with van der Waals surface area (Å²) in [6, 6.07) is 15.7. The maximum atomic E-state index is 13.1. The van der Waals surface area contributed by atoms with E-state index in [1.54, 1.807) is 0 Å². The molecule has 0 unspecified atom stereocenters. The topological polar surface area (TPSA) is 59.0 Å². The number of para-hydroxylation sites is 2. The van der Waals surface area contributed by atoms with E-state index in [-0.39, 0.29) is 11.6 Å². The SMILES string of the molecule is O=C(Nc1nc2ccccc2n1Cc1ccc(Cl)cc1)NC12CC3CC(CC(C3)C1)C2. The first-order valence-corrected chi connectivity index (χ1v) is 11.7. The van der Waals surface area contributed by atoms with Gasteiger partial charge in [0.25, 0.3) is 0 Å². The van der Waals surface area contributed by atoms with Crippen molar-refractivity contribution in [3.8, 4) is 0 Å². The fourth-order valence-corrected chi connectivity index (χ4v) is 6.87. The van der Waals surface area contributed by atoms with Crippen molar-refractivity contribution in [1.82, 2.24) is 14.9 Å². The Bertz CT molecular complexity index is 1100. The standard InChI is InChI=1S/C25H27ClN4O/c26-20-7-5-16(6-8-20)15-30-22-4-2-1-3-21(22)27-23(30)28-24(31)29-25-12-17-9-18(13-25)11-19(10-17)14-25/h1-8,17-19H,9-15H2,(H2,27,28,29,31). The molecule has 2 amide bonds. The van der Waals surface area contributed by atoms with E-state index in [2.05, 4.69) is 15.2 Å². The second-order valence-corrected chi connectivity index (χ2v) is 10.4. The number of rotatable bonds is 4. The highest BCUT2D eigenvalue weighted by molar-refractivity contribution is 6.30. The van der Waals surface area contributed by atoms with Crippen molar-refractivity contribution >= 4 is 34.6 Å². The minimum atomic E-state index is -0.130. The Hall–Kier alpha value is -2.53. The van der Waals surface area contributed by atoms with E-state index >= 15 is 0 Å². The normalized spacial score (nSPS) is 28.7. The third-order valence-electron chi connectivity index (χ3n) is 7.55. The average molecular weight is 435 g/mol. The Morgan fingerprint density at radius 3 is 2.32 bits per heavy atom. The molecule has 7 rings (SSSR count). The second kappa shape index (κ2) is 7.27. The summed E-state index contributed by atoms with van der Waals surface area (Å²) in [5, 5.41) is 7.19. The molecule has 0 spiro atoms. The number of aromatic nitrogens is 2. The van der Waals surface area contributed by atoms with Crippen molar-refractivity contribution < 1.29 is 4.79 Å². The van der Waals surface area contributed by atoms with Crippen LogP contribution in [0.15, 0.2) is 48.5 Å². The van der Waals surface area contributed by atoms with Gasteiger partial charge in [0.15, 0.2) is 0 Å². The van der Waals surface area contributed by atoms with Crippen LogP contribution < -0.4 is 10.6 Å².